The Bertz CT molecular complexity index is 1300. The average Bonchev–Trinajstić information content (AvgIpc) is 3.29. The normalized spacial score (nSPS) is 13.5. The molecule has 9 heteroatoms. The predicted molar refractivity (Wildman–Crippen MR) is 139 cm³/mol. The third-order valence-corrected chi connectivity index (χ3v) is 6.77. The number of benzene rings is 1. The number of aliphatic carboxylic acids is 1. The Kier molecular flexibility index (Phi) is 8.66. The van der Waals surface area contributed by atoms with E-state index in [0.717, 1.165) is 31.4 Å². The fourth-order valence-corrected chi connectivity index (χ4v) is 4.76. The number of amides is 2. The maximum absolute atomic E-state index is 12.7. The first-order chi connectivity index (χ1) is 18.0. The van der Waals surface area contributed by atoms with Crippen LogP contribution in [0.15, 0.2) is 36.4 Å². The molecule has 194 valence electrons. The van der Waals surface area contributed by atoms with Crippen molar-refractivity contribution in [2.24, 2.45) is 0 Å². The summed E-state index contributed by atoms with van der Waals surface area (Å²) < 4.78 is 0. The van der Waals surface area contributed by atoms with Gasteiger partial charge in [0, 0.05) is 35.3 Å². The molecule has 0 radical (unpaired) electrons. The molecule has 1 aliphatic carbocycles. The van der Waals surface area contributed by atoms with Gasteiger partial charge in [-0.1, -0.05) is 24.3 Å². The molecule has 2 amide bonds. The molecule has 2 heterocycles. The summed E-state index contributed by atoms with van der Waals surface area (Å²) in [5.41, 5.74) is 4.44. The zero-order valence-corrected chi connectivity index (χ0v) is 20.7. The Morgan fingerprint density at radius 1 is 1.08 bits per heavy atom. The number of aryl methyl sites for hydroxylation is 3. The van der Waals surface area contributed by atoms with Gasteiger partial charge in [0.2, 0.25) is 5.91 Å². The molecule has 1 aromatic carbocycles. The van der Waals surface area contributed by atoms with Crippen LogP contribution in [0.5, 0.6) is 0 Å². The largest absolute Gasteiger partial charge is 0.480 e. The highest BCUT2D eigenvalue weighted by molar-refractivity contribution is 6.10. The monoisotopic (exact) mass is 504 g/mol. The summed E-state index contributed by atoms with van der Waals surface area (Å²) in [6, 6.07) is 10.00. The molecule has 4 rings (SSSR count). The molecule has 2 aromatic heterocycles. The topological polar surface area (TPSA) is 141 Å². The van der Waals surface area contributed by atoms with Crippen LogP contribution in [-0.2, 0) is 28.9 Å². The number of carbonyl (C=O) groups excluding carboxylic acids is 3. The van der Waals surface area contributed by atoms with Gasteiger partial charge in [-0.2, -0.15) is 0 Å². The number of nitrogens with one attached hydrogen (secondary N) is 3. The molecule has 0 fully saturated rings. The number of aldehydes is 1. The van der Waals surface area contributed by atoms with E-state index in [0.29, 0.717) is 30.0 Å². The first-order valence-corrected chi connectivity index (χ1v) is 12.8. The quantitative estimate of drug-likeness (QED) is 0.220. The van der Waals surface area contributed by atoms with Gasteiger partial charge < -0.3 is 20.7 Å². The van der Waals surface area contributed by atoms with Gasteiger partial charge in [-0.25, -0.2) is 4.79 Å². The number of fused-ring (bicyclic) bond motifs is 2. The van der Waals surface area contributed by atoms with Gasteiger partial charge >= 0.3 is 5.97 Å². The van der Waals surface area contributed by atoms with Crippen LogP contribution in [0.25, 0.3) is 10.9 Å². The van der Waals surface area contributed by atoms with Crippen LogP contribution < -0.4 is 10.6 Å². The Morgan fingerprint density at radius 2 is 1.89 bits per heavy atom. The number of rotatable bonds is 12. The number of nitrogens with zero attached hydrogens (tertiary/aromatic N) is 1. The third-order valence-electron chi connectivity index (χ3n) is 6.77. The number of hydrogen-bond acceptors (Lipinski definition) is 5. The average molecular weight is 505 g/mol. The summed E-state index contributed by atoms with van der Waals surface area (Å²) in [7, 11) is 0. The summed E-state index contributed by atoms with van der Waals surface area (Å²) in [5.74, 6) is -2.07. The summed E-state index contributed by atoms with van der Waals surface area (Å²) in [6.45, 7) is 0.107. The fraction of sp³-hybridized carbons (Fsp3) is 0.393. The zero-order chi connectivity index (χ0) is 26.2. The van der Waals surface area contributed by atoms with Gasteiger partial charge in [-0.05, 0) is 69.1 Å². The van der Waals surface area contributed by atoms with Crippen LogP contribution in [0.2, 0.25) is 0 Å². The summed E-state index contributed by atoms with van der Waals surface area (Å²) in [6.07, 6.45) is 7.88. The number of unbranched alkanes of at least 4 members (excludes halogenated alkanes) is 1. The van der Waals surface area contributed by atoms with Crippen molar-refractivity contribution in [1.29, 1.82) is 0 Å². The van der Waals surface area contributed by atoms with E-state index in [4.69, 9.17) is 4.98 Å². The molecule has 3 aromatic rings. The molecule has 0 saturated heterocycles. The highest BCUT2D eigenvalue weighted by atomic mass is 16.4. The molecule has 0 bridgehead atoms. The number of aromatic amines is 1. The second-order valence-electron chi connectivity index (χ2n) is 9.40. The zero-order valence-electron chi connectivity index (χ0n) is 20.7. The number of H-pyrrole nitrogens is 1. The lowest BCUT2D eigenvalue weighted by molar-refractivity contribution is -0.139. The predicted octanol–water partition coefficient (Wildman–Crippen LogP) is 3.36. The van der Waals surface area contributed by atoms with Crippen LogP contribution >= 0.6 is 0 Å². The van der Waals surface area contributed by atoms with Crippen LogP contribution in [0.4, 0.5) is 0 Å². The Morgan fingerprint density at radius 3 is 2.70 bits per heavy atom. The standard InChI is InChI=1S/C28H32N4O5/c33-17-21-20-9-3-5-11-23(20)31-26(21)27(35)32-24(28(36)37)15-16-29-25(34)12-6-2-8-19-14-13-18-7-1-4-10-22(18)30-19/h3,5,9,11,13-14,17,24,31H,1-2,4,6-8,10,12,15-16H2,(H,29,34)(H,32,35)(H,36,37)/t24-/m0/s1. The molecule has 0 aliphatic heterocycles. The maximum Gasteiger partial charge on any atom is 0.326 e. The molecule has 4 N–H and O–H groups in total. The van der Waals surface area contributed by atoms with Gasteiger partial charge in [0.25, 0.3) is 5.91 Å². The Balaban J connectivity index is 1.20. The highest BCUT2D eigenvalue weighted by Crippen LogP contribution is 2.21. The molecule has 37 heavy (non-hydrogen) atoms. The number of pyridine rings is 1. The molecular weight excluding hydrogens is 472 g/mol. The van der Waals surface area contributed by atoms with E-state index in [1.165, 1.54) is 24.1 Å². The van der Waals surface area contributed by atoms with Crippen molar-refractivity contribution in [3.8, 4) is 0 Å². The summed E-state index contributed by atoms with van der Waals surface area (Å²) in [4.78, 5) is 55.8. The van der Waals surface area contributed by atoms with Crippen LogP contribution in [0.3, 0.4) is 0 Å². The fourth-order valence-electron chi connectivity index (χ4n) is 4.76. The third kappa shape index (κ3) is 6.61. The van der Waals surface area contributed by atoms with Crippen molar-refractivity contribution in [3.63, 3.8) is 0 Å². The molecular formula is C28H32N4O5. The van der Waals surface area contributed by atoms with E-state index < -0.39 is 17.9 Å². The summed E-state index contributed by atoms with van der Waals surface area (Å²) >= 11 is 0. The number of aromatic nitrogens is 2. The molecule has 0 unspecified atom stereocenters. The molecule has 1 aliphatic rings. The van der Waals surface area contributed by atoms with Crippen LogP contribution in [0.1, 0.15) is 76.3 Å². The number of carbonyl (C=O) groups is 4. The number of hydrogen-bond donors (Lipinski definition) is 4. The smallest absolute Gasteiger partial charge is 0.326 e. The lowest BCUT2D eigenvalue weighted by Gasteiger charge is -2.15. The van der Waals surface area contributed by atoms with Gasteiger partial charge in [-0.15, -0.1) is 0 Å². The maximum atomic E-state index is 12.7. The van der Waals surface area contributed by atoms with Gasteiger partial charge in [0.15, 0.2) is 6.29 Å². The molecule has 1 atom stereocenters. The first-order valence-electron chi connectivity index (χ1n) is 12.8. The van der Waals surface area contributed by atoms with Gasteiger partial charge in [-0.3, -0.25) is 19.4 Å². The minimum absolute atomic E-state index is 0.0138. The minimum atomic E-state index is -1.22. The van der Waals surface area contributed by atoms with E-state index in [9.17, 15) is 24.3 Å². The van der Waals surface area contributed by atoms with Gasteiger partial charge in [0.05, 0.1) is 5.56 Å². The molecule has 9 nitrogen and oxygen atoms in total. The van der Waals surface area contributed by atoms with Crippen LogP contribution in [-0.4, -0.2) is 51.7 Å². The van der Waals surface area contributed by atoms with E-state index >= 15 is 0 Å². The highest BCUT2D eigenvalue weighted by Gasteiger charge is 2.24. The Hall–Kier alpha value is -4.01. The summed E-state index contributed by atoms with van der Waals surface area (Å²) in [5, 5.41) is 15.3. The molecule has 0 saturated carbocycles. The second-order valence-corrected chi connectivity index (χ2v) is 9.40. The Labute approximate surface area is 215 Å². The number of carboxylic acids is 1. The van der Waals surface area contributed by atoms with Crippen molar-refractivity contribution in [1.82, 2.24) is 20.6 Å². The SMILES string of the molecule is O=Cc1c(C(=O)N[C@@H](CCNC(=O)CCCCc2ccc3c(n2)CCCC3)C(=O)O)[nH]c2ccccc12. The lowest BCUT2D eigenvalue weighted by atomic mass is 9.95. The molecule has 0 spiro atoms. The van der Waals surface area contributed by atoms with E-state index in [1.54, 1.807) is 24.3 Å². The lowest BCUT2D eigenvalue weighted by Crippen LogP contribution is -2.43. The minimum Gasteiger partial charge on any atom is -0.480 e. The van der Waals surface area contributed by atoms with E-state index in [-0.39, 0.29) is 30.1 Å². The van der Waals surface area contributed by atoms with Crippen molar-refractivity contribution in [2.75, 3.05) is 6.54 Å². The van der Waals surface area contributed by atoms with Crippen molar-refractivity contribution < 1.29 is 24.3 Å². The van der Waals surface area contributed by atoms with E-state index in [2.05, 4.69) is 27.8 Å². The van der Waals surface area contributed by atoms with E-state index in [1.807, 2.05) is 0 Å². The van der Waals surface area contributed by atoms with Crippen molar-refractivity contribution in [3.05, 3.63) is 64.6 Å². The van der Waals surface area contributed by atoms with Gasteiger partial charge in [0.1, 0.15) is 11.7 Å². The van der Waals surface area contributed by atoms with Crippen molar-refractivity contribution in [2.45, 2.75) is 63.8 Å². The second kappa shape index (κ2) is 12.3. The number of carboxylic acid groups (broad SMARTS) is 1. The first kappa shape index (κ1) is 26.1. The number of para-hydroxylation sites is 1. The van der Waals surface area contributed by atoms with Crippen LogP contribution in [0, 0.1) is 0 Å². The van der Waals surface area contributed by atoms with Crippen molar-refractivity contribution >= 4 is 35.0 Å².